The lowest BCUT2D eigenvalue weighted by Gasteiger charge is -2.15. The van der Waals surface area contributed by atoms with E-state index in [1.165, 1.54) is 32.1 Å². The van der Waals surface area contributed by atoms with Gasteiger partial charge in [0.15, 0.2) is 11.5 Å². The number of nitro groups is 1. The summed E-state index contributed by atoms with van der Waals surface area (Å²) in [6.45, 7) is 0. The molecule has 1 aliphatic carbocycles. The first-order valence-electron chi connectivity index (χ1n) is 5.70. The minimum atomic E-state index is -0.443. The Morgan fingerprint density at radius 1 is 1.29 bits per heavy atom. The molecule has 0 aromatic heterocycles. The van der Waals surface area contributed by atoms with Crippen molar-refractivity contribution in [3.63, 3.8) is 0 Å². The first-order valence-corrected chi connectivity index (χ1v) is 5.70. The van der Waals surface area contributed by atoms with Crippen molar-refractivity contribution in [3.05, 3.63) is 28.3 Å². The van der Waals surface area contributed by atoms with Gasteiger partial charge in [0.1, 0.15) is 0 Å². The van der Waals surface area contributed by atoms with Gasteiger partial charge in [-0.15, -0.1) is 0 Å². The molecule has 0 saturated heterocycles. The Balaban J connectivity index is 2.18. The third kappa shape index (κ3) is 2.67. The molecule has 0 unspecified atom stereocenters. The van der Waals surface area contributed by atoms with Gasteiger partial charge in [-0.2, -0.15) is 0 Å². The van der Waals surface area contributed by atoms with Crippen molar-refractivity contribution in [2.75, 3.05) is 7.11 Å². The van der Waals surface area contributed by atoms with Crippen molar-refractivity contribution in [2.45, 2.75) is 31.8 Å². The molecule has 2 rings (SSSR count). The third-order valence-electron chi connectivity index (χ3n) is 2.95. The maximum Gasteiger partial charge on any atom is 0.273 e. The summed E-state index contributed by atoms with van der Waals surface area (Å²) in [7, 11) is 1.49. The lowest BCUT2D eigenvalue weighted by Crippen LogP contribution is -2.11. The zero-order valence-electron chi connectivity index (χ0n) is 9.72. The Morgan fingerprint density at radius 2 is 2.00 bits per heavy atom. The first-order chi connectivity index (χ1) is 8.20. The van der Waals surface area contributed by atoms with Crippen LogP contribution < -0.4 is 9.47 Å². The molecular weight excluding hydrogens is 222 g/mol. The minimum absolute atomic E-state index is 0.0145. The minimum Gasteiger partial charge on any atom is -0.493 e. The van der Waals surface area contributed by atoms with E-state index in [4.69, 9.17) is 9.47 Å². The fourth-order valence-corrected chi connectivity index (χ4v) is 2.05. The standard InChI is InChI=1S/C12H15NO4/c1-16-12-8-9(13(14)15)6-7-11(12)17-10-4-2-3-5-10/h6-8,10H,2-5H2,1H3. The Hall–Kier alpha value is -1.78. The van der Waals surface area contributed by atoms with E-state index in [9.17, 15) is 10.1 Å². The maximum atomic E-state index is 10.6. The van der Waals surface area contributed by atoms with Gasteiger partial charge in [-0.3, -0.25) is 10.1 Å². The normalized spacial score (nSPS) is 15.8. The Morgan fingerprint density at radius 3 is 2.59 bits per heavy atom. The molecular formula is C12H15NO4. The van der Waals surface area contributed by atoms with Crippen LogP contribution >= 0.6 is 0 Å². The van der Waals surface area contributed by atoms with Crippen molar-refractivity contribution in [1.82, 2.24) is 0 Å². The largest absolute Gasteiger partial charge is 0.493 e. The number of hydrogen-bond donors (Lipinski definition) is 0. The molecule has 1 aromatic rings. The summed E-state index contributed by atoms with van der Waals surface area (Å²) >= 11 is 0. The molecule has 17 heavy (non-hydrogen) atoms. The van der Waals surface area contributed by atoms with E-state index in [1.807, 2.05) is 0 Å². The van der Waals surface area contributed by atoms with Crippen LogP contribution in [0.4, 0.5) is 5.69 Å². The zero-order chi connectivity index (χ0) is 12.3. The van der Waals surface area contributed by atoms with Crippen LogP contribution in [0.1, 0.15) is 25.7 Å². The predicted molar refractivity (Wildman–Crippen MR) is 62.5 cm³/mol. The van der Waals surface area contributed by atoms with Gasteiger partial charge in [0, 0.05) is 6.07 Å². The van der Waals surface area contributed by atoms with Crippen LogP contribution in [-0.2, 0) is 0 Å². The fraction of sp³-hybridized carbons (Fsp3) is 0.500. The highest BCUT2D eigenvalue weighted by atomic mass is 16.6. The average molecular weight is 237 g/mol. The Kier molecular flexibility index (Phi) is 3.46. The summed E-state index contributed by atoms with van der Waals surface area (Å²) in [4.78, 5) is 10.2. The van der Waals surface area contributed by atoms with Crippen LogP contribution in [0.3, 0.4) is 0 Å². The van der Waals surface area contributed by atoms with Crippen LogP contribution in [0.15, 0.2) is 18.2 Å². The number of methoxy groups -OCH3 is 1. The number of rotatable bonds is 4. The molecule has 1 saturated carbocycles. The molecule has 0 atom stereocenters. The van der Waals surface area contributed by atoms with Crippen molar-refractivity contribution < 1.29 is 14.4 Å². The molecule has 1 aromatic carbocycles. The van der Waals surface area contributed by atoms with Crippen LogP contribution in [0.2, 0.25) is 0 Å². The second-order valence-corrected chi connectivity index (χ2v) is 4.12. The van der Waals surface area contributed by atoms with E-state index in [-0.39, 0.29) is 11.8 Å². The van der Waals surface area contributed by atoms with Gasteiger partial charge in [-0.1, -0.05) is 0 Å². The molecule has 0 amide bonds. The number of ether oxygens (including phenoxy) is 2. The Bertz CT molecular complexity index is 413. The van der Waals surface area contributed by atoms with Crippen molar-refractivity contribution in [3.8, 4) is 11.5 Å². The van der Waals surface area contributed by atoms with Gasteiger partial charge in [0.25, 0.3) is 5.69 Å². The van der Waals surface area contributed by atoms with Crippen LogP contribution in [-0.4, -0.2) is 18.1 Å². The van der Waals surface area contributed by atoms with E-state index >= 15 is 0 Å². The van der Waals surface area contributed by atoms with E-state index in [0.29, 0.717) is 11.5 Å². The lowest BCUT2D eigenvalue weighted by molar-refractivity contribution is -0.385. The summed E-state index contributed by atoms with van der Waals surface area (Å²) in [6.07, 6.45) is 4.66. The molecule has 0 spiro atoms. The van der Waals surface area contributed by atoms with E-state index in [1.54, 1.807) is 6.07 Å². The van der Waals surface area contributed by atoms with Crippen LogP contribution in [0, 0.1) is 10.1 Å². The lowest BCUT2D eigenvalue weighted by atomic mass is 10.2. The first kappa shape index (κ1) is 11.7. The van der Waals surface area contributed by atoms with Gasteiger partial charge >= 0.3 is 0 Å². The number of nitro benzene ring substituents is 1. The van der Waals surface area contributed by atoms with Crippen molar-refractivity contribution >= 4 is 5.69 Å². The summed E-state index contributed by atoms with van der Waals surface area (Å²) < 4.78 is 10.9. The molecule has 0 heterocycles. The van der Waals surface area contributed by atoms with Crippen molar-refractivity contribution in [2.24, 2.45) is 0 Å². The molecule has 0 radical (unpaired) electrons. The fourth-order valence-electron chi connectivity index (χ4n) is 2.05. The molecule has 0 N–H and O–H groups in total. The monoisotopic (exact) mass is 237 g/mol. The molecule has 92 valence electrons. The summed E-state index contributed by atoms with van der Waals surface area (Å²) in [5.41, 5.74) is 0.0145. The summed E-state index contributed by atoms with van der Waals surface area (Å²) in [5, 5.41) is 10.6. The average Bonchev–Trinajstić information content (AvgIpc) is 2.82. The topological polar surface area (TPSA) is 61.6 Å². The van der Waals surface area contributed by atoms with Gasteiger partial charge < -0.3 is 9.47 Å². The van der Waals surface area contributed by atoms with Crippen LogP contribution in [0.5, 0.6) is 11.5 Å². The van der Waals surface area contributed by atoms with E-state index in [0.717, 1.165) is 12.8 Å². The maximum absolute atomic E-state index is 10.6. The molecule has 5 heteroatoms. The molecule has 5 nitrogen and oxygen atoms in total. The molecule has 1 aliphatic rings. The number of hydrogen-bond acceptors (Lipinski definition) is 4. The summed E-state index contributed by atoms with van der Waals surface area (Å²) in [6, 6.07) is 4.44. The van der Waals surface area contributed by atoms with Crippen LogP contribution in [0.25, 0.3) is 0 Å². The zero-order valence-corrected chi connectivity index (χ0v) is 9.72. The number of benzene rings is 1. The Labute approximate surface area is 99.5 Å². The van der Waals surface area contributed by atoms with Crippen molar-refractivity contribution in [1.29, 1.82) is 0 Å². The molecule has 0 aliphatic heterocycles. The SMILES string of the molecule is COc1cc([N+](=O)[O-])ccc1OC1CCCC1. The van der Waals surface area contributed by atoms with Gasteiger partial charge in [-0.05, 0) is 31.7 Å². The van der Waals surface area contributed by atoms with Gasteiger partial charge in [0.2, 0.25) is 0 Å². The molecule has 1 fully saturated rings. The second kappa shape index (κ2) is 5.03. The number of nitrogens with zero attached hydrogens (tertiary/aromatic N) is 1. The summed E-state index contributed by atoms with van der Waals surface area (Å²) in [5.74, 6) is 1.01. The van der Waals surface area contributed by atoms with E-state index in [2.05, 4.69) is 0 Å². The predicted octanol–water partition coefficient (Wildman–Crippen LogP) is 2.92. The highest BCUT2D eigenvalue weighted by Crippen LogP contribution is 2.34. The highest BCUT2D eigenvalue weighted by molar-refractivity contribution is 5.48. The third-order valence-corrected chi connectivity index (χ3v) is 2.95. The van der Waals surface area contributed by atoms with Gasteiger partial charge in [0.05, 0.1) is 24.2 Å². The number of non-ortho nitro benzene ring substituents is 1. The molecule has 0 bridgehead atoms. The smallest absolute Gasteiger partial charge is 0.273 e. The van der Waals surface area contributed by atoms with E-state index < -0.39 is 4.92 Å². The second-order valence-electron chi connectivity index (χ2n) is 4.12. The van der Waals surface area contributed by atoms with Gasteiger partial charge in [-0.25, -0.2) is 0 Å². The highest BCUT2D eigenvalue weighted by Gasteiger charge is 2.19. The quantitative estimate of drug-likeness (QED) is 0.596.